The summed E-state index contributed by atoms with van der Waals surface area (Å²) in [6.45, 7) is 0. The van der Waals surface area contributed by atoms with Crippen LogP contribution in [0.15, 0.2) is 17.0 Å². The zero-order valence-corrected chi connectivity index (χ0v) is 8.78. The molecule has 2 nitrogen and oxygen atoms in total. The second-order valence-electron chi connectivity index (χ2n) is 2.18. The topological polar surface area (TPSA) is 29.1 Å². The molecule has 0 unspecified atom stereocenters. The van der Waals surface area contributed by atoms with Crippen molar-refractivity contribution in [2.24, 2.45) is 0 Å². The molecule has 1 heterocycles. The van der Waals surface area contributed by atoms with Crippen molar-refractivity contribution < 1.29 is 4.21 Å². The van der Waals surface area contributed by atoms with Gasteiger partial charge in [-0.3, -0.25) is 4.72 Å². The molecule has 0 fully saturated rings. The van der Waals surface area contributed by atoms with E-state index in [0.29, 0.717) is 10.0 Å². The Kier molecular flexibility index (Phi) is 2.25. The van der Waals surface area contributed by atoms with Gasteiger partial charge >= 0.3 is 0 Å². The molecular formula is C6H3Cl2NOS2. The Balaban J connectivity index is 2.55. The van der Waals surface area contributed by atoms with E-state index in [1.807, 2.05) is 0 Å². The second-order valence-corrected chi connectivity index (χ2v) is 5.69. The van der Waals surface area contributed by atoms with E-state index in [4.69, 9.17) is 23.2 Å². The van der Waals surface area contributed by atoms with Crippen molar-refractivity contribution in [3.8, 4) is 0 Å². The van der Waals surface area contributed by atoms with E-state index in [1.165, 1.54) is 10.8 Å². The summed E-state index contributed by atoms with van der Waals surface area (Å²) in [5.74, 6) is 0. The quantitative estimate of drug-likeness (QED) is 0.706. The lowest BCUT2D eigenvalue weighted by molar-refractivity contribution is 0.694. The Bertz CT molecular complexity index is 336. The maximum atomic E-state index is 11.0. The van der Waals surface area contributed by atoms with Gasteiger partial charge in [-0.15, -0.1) is 0 Å². The average molecular weight is 240 g/mol. The van der Waals surface area contributed by atoms with Gasteiger partial charge in [-0.1, -0.05) is 23.2 Å². The van der Waals surface area contributed by atoms with Crippen molar-refractivity contribution in [3.63, 3.8) is 0 Å². The number of hydrogen-bond acceptors (Lipinski definition) is 2. The summed E-state index contributed by atoms with van der Waals surface area (Å²) in [7, 11) is 0.145. The molecule has 1 N–H and O–H groups in total. The molecule has 12 heavy (non-hydrogen) atoms. The molecular weight excluding hydrogens is 237 g/mol. The predicted molar refractivity (Wildman–Crippen MR) is 54.1 cm³/mol. The molecule has 2 rings (SSSR count). The van der Waals surface area contributed by atoms with Crippen LogP contribution in [-0.4, -0.2) is 4.21 Å². The minimum absolute atomic E-state index is 0.474. The van der Waals surface area contributed by atoms with Crippen LogP contribution in [0.25, 0.3) is 0 Å². The molecule has 0 aliphatic carbocycles. The third kappa shape index (κ3) is 1.44. The average Bonchev–Trinajstić information content (AvgIpc) is 2.30. The summed E-state index contributed by atoms with van der Waals surface area (Å²) < 4.78 is 13.8. The predicted octanol–water partition coefficient (Wildman–Crippen LogP) is 3.09. The molecule has 0 radical (unpaired) electrons. The van der Waals surface area contributed by atoms with Crippen LogP contribution < -0.4 is 4.72 Å². The normalized spacial score (nSPS) is 20.3. The van der Waals surface area contributed by atoms with Crippen LogP contribution in [0.2, 0.25) is 10.0 Å². The van der Waals surface area contributed by atoms with Crippen LogP contribution >= 0.6 is 34.0 Å². The molecule has 0 saturated carbocycles. The van der Waals surface area contributed by atoms with E-state index in [9.17, 15) is 4.21 Å². The number of nitrogens with one attached hydrogen (secondary N) is 1. The van der Waals surface area contributed by atoms with Gasteiger partial charge in [-0.25, -0.2) is 4.21 Å². The van der Waals surface area contributed by atoms with Crippen LogP contribution in [0.1, 0.15) is 0 Å². The fourth-order valence-electron chi connectivity index (χ4n) is 0.869. The molecule has 1 aromatic rings. The number of anilines is 1. The van der Waals surface area contributed by atoms with Crippen molar-refractivity contribution >= 4 is 49.7 Å². The number of benzene rings is 1. The van der Waals surface area contributed by atoms with E-state index >= 15 is 0 Å². The van der Waals surface area contributed by atoms with Gasteiger partial charge in [-0.2, -0.15) is 0 Å². The summed E-state index contributed by atoms with van der Waals surface area (Å²) >= 11 is 11.5. The lowest BCUT2D eigenvalue weighted by Crippen LogP contribution is -1.90. The standard InChI is InChI=1S/C6H3Cl2NOS2/c7-3-1-5-6(2-4(3)8)11-12(10)9-5/h1-2,9H/t12-/m0/s1. The Morgan fingerprint density at radius 3 is 2.75 bits per heavy atom. The highest BCUT2D eigenvalue weighted by atomic mass is 35.5. The highest BCUT2D eigenvalue weighted by molar-refractivity contribution is 8.70. The third-order valence-corrected chi connectivity index (χ3v) is 4.40. The fraction of sp³-hybridized carbons (Fsp3) is 0. The van der Waals surface area contributed by atoms with Crippen molar-refractivity contribution in [2.75, 3.05) is 4.72 Å². The van der Waals surface area contributed by atoms with Crippen molar-refractivity contribution in [1.29, 1.82) is 0 Å². The first kappa shape index (κ1) is 8.69. The van der Waals surface area contributed by atoms with Gasteiger partial charge in [0.2, 0.25) is 0 Å². The fourth-order valence-corrected chi connectivity index (χ4v) is 3.54. The summed E-state index contributed by atoms with van der Waals surface area (Å²) in [5, 5.41) is 0.964. The molecule has 1 aliphatic heterocycles. The zero-order chi connectivity index (χ0) is 8.72. The second kappa shape index (κ2) is 3.10. The van der Waals surface area contributed by atoms with Gasteiger partial charge in [0.1, 0.15) is 0 Å². The minimum atomic E-state index is -1.09. The van der Waals surface area contributed by atoms with Gasteiger partial charge in [0.05, 0.1) is 15.7 Å². The third-order valence-electron chi connectivity index (χ3n) is 1.38. The zero-order valence-electron chi connectivity index (χ0n) is 5.64. The Labute approximate surface area is 85.6 Å². The molecule has 0 saturated heterocycles. The minimum Gasteiger partial charge on any atom is -0.295 e. The summed E-state index contributed by atoms with van der Waals surface area (Å²) in [6.07, 6.45) is 0. The van der Waals surface area contributed by atoms with Crippen LogP contribution in [0.3, 0.4) is 0 Å². The van der Waals surface area contributed by atoms with Gasteiger partial charge in [-0.05, 0) is 22.9 Å². The van der Waals surface area contributed by atoms with E-state index in [1.54, 1.807) is 12.1 Å². The molecule has 0 aromatic heterocycles. The summed E-state index contributed by atoms with van der Waals surface area (Å²) in [4.78, 5) is 0.878. The van der Waals surface area contributed by atoms with Gasteiger partial charge in [0, 0.05) is 4.90 Å². The first-order valence-electron chi connectivity index (χ1n) is 3.02. The summed E-state index contributed by atoms with van der Waals surface area (Å²) in [5.41, 5.74) is 0.785. The van der Waals surface area contributed by atoms with E-state index in [-0.39, 0.29) is 0 Å². The monoisotopic (exact) mass is 239 g/mol. The van der Waals surface area contributed by atoms with E-state index in [0.717, 1.165) is 10.6 Å². The van der Waals surface area contributed by atoms with Crippen LogP contribution in [0.4, 0.5) is 5.69 Å². The lowest BCUT2D eigenvalue weighted by Gasteiger charge is -1.98. The number of halogens is 2. The van der Waals surface area contributed by atoms with Crippen LogP contribution in [0.5, 0.6) is 0 Å². The molecule has 1 atom stereocenters. The van der Waals surface area contributed by atoms with Crippen molar-refractivity contribution in [2.45, 2.75) is 4.90 Å². The van der Waals surface area contributed by atoms with Gasteiger partial charge in [0.25, 0.3) is 0 Å². The largest absolute Gasteiger partial charge is 0.295 e. The SMILES string of the molecule is O=[S@@]1Nc2cc(Cl)c(Cl)cc2S1. The maximum Gasteiger partial charge on any atom is 0.184 e. The number of hydrogen-bond donors (Lipinski definition) is 1. The molecule has 1 aliphatic rings. The summed E-state index contributed by atoms with van der Waals surface area (Å²) in [6, 6.07) is 3.39. The van der Waals surface area contributed by atoms with Crippen molar-refractivity contribution in [1.82, 2.24) is 0 Å². The molecule has 0 amide bonds. The van der Waals surface area contributed by atoms with E-state index in [2.05, 4.69) is 4.72 Å². The van der Waals surface area contributed by atoms with Gasteiger partial charge in [0.15, 0.2) is 10.0 Å². The van der Waals surface area contributed by atoms with Crippen molar-refractivity contribution in [3.05, 3.63) is 22.2 Å². The number of fused-ring (bicyclic) bond motifs is 1. The Hall–Kier alpha value is 0.1000. The highest BCUT2D eigenvalue weighted by Gasteiger charge is 2.18. The maximum absolute atomic E-state index is 11.0. The van der Waals surface area contributed by atoms with Crippen LogP contribution in [0, 0.1) is 0 Å². The first-order chi connectivity index (χ1) is 5.66. The highest BCUT2D eigenvalue weighted by Crippen LogP contribution is 2.41. The Morgan fingerprint density at radius 2 is 2.00 bits per heavy atom. The van der Waals surface area contributed by atoms with Gasteiger partial charge < -0.3 is 0 Å². The number of rotatable bonds is 0. The molecule has 64 valence electrons. The molecule has 0 bridgehead atoms. The molecule has 0 spiro atoms. The Morgan fingerprint density at radius 1 is 1.33 bits per heavy atom. The van der Waals surface area contributed by atoms with E-state index < -0.39 is 10.0 Å². The lowest BCUT2D eigenvalue weighted by atomic mass is 10.3. The molecule has 6 heteroatoms. The first-order valence-corrected chi connectivity index (χ1v) is 6.26. The van der Waals surface area contributed by atoms with Crippen LogP contribution in [-0.2, 0) is 10.0 Å². The smallest absolute Gasteiger partial charge is 0.184 e. The molecule has 1 aromatic carbocycles.